The standard InChI is InChI=1S/C16H27N3/c1-18-12-6-9-15(13-18)19(2)16(10-11-17)14-7-4-3-5-8-14/h3-5,7-8,15-16H,6,9-13,17H2,1-2H3. The zero-order chi connectivity index (χ0) is 13.7. The number of nitrogens with two attached hydrogens (primary N) is 1. The van der Waals surface area contributed by atoms with Crippen molar-refractivity contribution in [2.24, 2.45) is 5.73 Å². The highest BCUT2D eigenvalue weighted by Gasteiger charge is 2.26. The van der Waals surface area contributed by atoms with Crippen LogP contribution in [0.2, 0.25) is 0 Å². The number of hydrogen-bond donors (Lipinski definition) is 1. The van der Waals surface area contributed by atoms with Crippen molar-refractivity contribution < 1.29 is 0 Å². The first kappa shape index (κ1) is 14.5. The van der Waals surface area contributed by atoms with Gasteiger partial charge < -0.3 is 10.6 Å². The minimum atomic E-state index is 0.447. The zero-order valence-electron chi connectivity index (χ0n) is 12.3. The number of benzene rings is 1. The molecule has 106 valence electrons. The number of rotatable bonds is 5. The first-order valence-electron chi connectivity index (χ1n) is 7.38. The van der Waals surface area contributed by atoms with Crippen LogP contribution in [-0.2, 0) is 0 Å². The van der Waals surface area contributed by atoms with Gasteiger partial charge in [0.15, 0.2) is 0 Å². The first-order chi connectivity index (χ1) is 9.22. The molecule has 2 rings (SSSR count). The van der Waals surface area contributed by atoms with Gasteiger partial charge in [0.1, 0.15) is 0 Å². The second kappa shape index (κ2) is 7.04. The summed E-state index contributed by atoms with van der Waals surface area (Å²) in [5.41, 5.74) is 7.22. The largest absolute Gasteiger partial charge is 0.330 e. The Balaban J connectivity index is 2.09. The summed E-state index contributed by atoms with van der Waals surface area (Å²) in [6.07, 6.45) is 3.63. The molecule has 0 amide bonds. The van der Waals surface area contributed by atoms with Gasteiger partial charge in [0, 0.05) is 18.6 Å². The summed E-state index contributed by atoms with van der Waals surface area (Å²) in [5, 5.41) is 0. The summed E-state index contributed by atoms with van der Waals surface area (Å²) in [6, 6.07) is 11.9. The molecule has 1 aromatic carbocycles. The molecule has 0 aliphatic carbocycles. The SMILES string of the molecule is CN1CCCC(N(C)C(CCN)c2ccccc2)C1. The number of hydrogen-bond acceptors (Lipinski definition) is 3. The van der Waals surface area contributed by atoms with Gasteiger partial charge in [-0.3, -0.25) is 4.90 Å². The Morgan fingerprint density at radius 2 is 2.11 bits per heavy atom. The van der Waals surface area contributed by atoms with Gasteiger partial charge >= 0.3 is 0 Å². The lowest BCUT2D eigenvalue weighted by molar-refractivity contribution is 0.0953. The van der Waals surface area contributed by atoms with Gasteiger partial charge in [-0.2, -0.15) is 0 Å². The molecule has 1 aromatic rings. The second-order valence-corrected chi connectivity index (χ2v) is 5.73. The number of likely N-dealkylation sites (tertiary alicyclic amines) is 1. The molecule has 1 saturated heterocycles. The molecule has 1 aliphatic rings. The molecule has 19 heavy (non-hydrogen) atoms. The van der Waals surface area contributed by atoms with E-state index in [4.69, 9.17) is 5.73 Å². The van der Waals surface area contributed by atoms with Crippen LogP contribution >= 0.6 is 0 Å². The Morgan fingerprint density at radius 3 is 2.74 bits per heavy atom. The van der Waals surface area contributed by atoms with Crippen molar-refractivity contribution in [2.45, 2.75) is 31.3 Å². The molecule has 0 spiro atoms. The van der Waals surface area contributed by atoms with Gasteiger partial charge in [-0.15, -0.1) is 0 Å². The predicted molar refractivity (Wildman–Crippen MR) is 81.1 cm³/mol. The van der Waals surface area contributed by atoms with Gasteiger partial charge in [-0.05, 0) is 52.0 Å². The maximum Gasteiger partial charge on any atom is 0.0360 e. The Bertz CT molecular complexity index is 366. The molecule has 0 bridgehead atoms. The molecule has 2 unspecified atom stereocenters. The van der Waals surface area contributed by atoms with Crippen LogP contribution in [0.1, 0.15) is 30.9 Å². The molecule has 1 aliphatic heterocycles. The Labute approximate surface area is 117 Å². The summed E-state index contributed by atoms with van der Waals surface area (Å²) in [4.78, 5) is 4.98. The number of nitrogens with zero attached hydrogens (tertiary/aromatic N) is 2. The van der Waals surface area contributed by atoms with Crippen LogP contribution in [0.5, 0.6) is 0 Å². The van der Waals surface area contributed by atoms with E-state index in [9.17, 15) is 0 Å². The lowest BCUT2D eigenvalue weighted by atomic mass is 9.97. The number of piperidine rings is 1. The fraction of sp³-hybridized carbons (Fsp3) is 0.625. The Kier molecular flexibility index (Phi) is 5.37. The van der Waals surface area contributed by atoms with Crippen molar-refractivity contribution in [3.8, 4) is 0 Å². The van der Waals surface area contributed by atoms with E-state index < -0.39 is 0 Å². The fourth-order valence-corrected chi connectivity index (χ4v) is 3.16. The molecule has 0 aromatic heterocycles. The molecule has 2 N–H and O–H groups in total. The number of likely N-dealkylation sites (N-methyl/N-ethyl adjacent to an activating group) is 2. The van der Waals surface area contributed by atoms with Crippen molar-refractivity contribution in [3.05, 3.63) is 35.9 Å². The summed E-state index contributed by atoms with van der Waals surface area (Å²) in [7, 11) is 4.48. The van der Waals surface area contributed by atoms with E-state index in [0.717, 1.165) is 13.0 Å². The second-order valence-electron chi connectivity index (χ2n) is 5.73. The van der Waals surface area contributed by atoms with Gasteiger partial charge in [0.2, 0.25) is 0 Å². The van der Waals surface area contributed by atoms with Crippen LogP contribution in [0.25, 0.3) is 0 Å². The fourth-order valence-electron chi connectivity index (χ4n) is 3.16. The van der Waals surface area contributed by atoms with E-state index in [2.05, 4.69) is 54.2 Å². The van der Waals surface area contributed by atoms with Crippen molar-refractivity contribution in [1.29, 1.82) is 0 Å². The van der Waals surface area contributed by atoms with E-state index >= 15 is 0 Å². The van der Waals surface area contributed by atoms with Crippen LogP contribution in [-0.4, -0.2) is 49.6 Å². The van der Waals surface area contributed by atoms with Gasteiger partial charge in [-0.25, -0.2) is 0 Å². The molecule has 1 fully saturated rings. The lowest BCUT2D eigenvalue weighted by Gasteiger charge is -2.40. The average Bonchev–Trinajstić information content (AvgIpc) is 2.45. The highest BCUT2D eigenvalue weighted by Crippen LogP contribution is 2.27. The van der Waals surface area contributed by atoms with E-state index in [1.807, 2.05) is 0 Å². The maximum atomic E-state index is 5.82. The molecule has 2 atom stereocenters. The molecular weight excluding hydrogens is 234 g/mol. The highest BCUT2D eigenvalue weighted by molar-refractivity contribution is 5.19. The van der Waals surface area contributed by atoms with Crippen LogP contribution in [0, 0.1) is 0 Å². The van der Waals surface area contributed by atoms with Crippen LogP contribution in [0.4, 0.5) is 0 Å². The van der Waals surface area contributed by atoms with Gasteiger partial charge in [-0.1, -0.05) is 30.3 Å². The van der Waals surface area contributed by atoms with Gasteiger partial charge in [0.25, 0.3) is 0 Å². The van der Waals surface area contributed by atoms with E-state index in [-0.39, 0.29) is 0 Å². The third kappa shape index (κ3) is 3.78. The minimum absolute atomic E-state index is 0.447. The Morgan fingerprint density at radius 1 is 1.37 bits per heavy atom. The van der Waals surface area contributed by atoms with E-state index in [1.165, 1.54) is 31.5 Å². The van der Waals surface area contributed by atoms with Crippen LogP contribution in [0.3, 0.4) is 0 Å². The molecule has 3 nitrogen and oxygen atoms in total. The average molecular weight is 261 g/mol. The molecule has 1 heterocycles. The molecule has 0 saturated carbocycles. The van der Waals surface area contributed by atoms with Crippen molar-refractivity contribution in [1.82, 2.24) is 9.80 Å². The zero-order valence-corrected chi connectivity index (χ0v) is 12.3. The third-order valence-corrected chi connectivity index (χ3v) is 4.29. The monoisotopic (exact) mass is 261 g/mol. The quantitative estimate of drug-likeness (QED) is 0.881. The van der Waals surface area contributed by atoms with E-state index in [0.29, 0.717) is 12.1 Å². The van der Waals surface area contributed by atoms with Crippen molar-refractivity contribution in [2.75, 3.05) is 33.7 Å². The van der Waals surface area contributed by atoms with Crippen molar-refractivity contribution in [3.63, 3.8) is 0 Å². The first-order valence-corrected chi connectivity index (χ1v) is 7.38. The summed E-state index contributed by atoms with van der Waals surface area (Å²) >= 11 is 0. The normalized spacial score (nSPS) is 22.6. The summed E-state index contributed by atoms with van der Waals surface area (Å²) < 4.78 is 0. The van der Waals surface area contributed by atoms with Crippen LogP contribution in [0.15, 0.2) is 30.3 Å². The smallest absolute Gasteiger partial charge is 0.0360 e. The minimum Gasteiger partial charge on any atom is -0.330 e. The Hall–Kier alpha value is -0.900. The summed E-state index contributed by atoms with van der Waals surface area (Å²) in [5.74, 6) is 0. The highest BCUT2D eigenvalue weighted by atomic mass is 15.2. The topological polar surface area (TPSA) is 32.5 Å². The molecular formula is C16H27N3. The molecule has 3 heteroatoms. The van der Waals surface area contributed by atoms with Crippen LogP contribution < -0.4 is 5.73 Å². The third-order valence-electron chi connectivity index (χ3n) is 4.29. The lowest BCUT2D eigenvalue weighted by Crippen LogP contribution is -2.46. The van der Waals surface area contributed by atoms with Crippen molar-refractivity contribution >= 4 is 0 Å². The predicted octanol–water partition coefficient (Wildman–Crippen LogP) is 2.10. The van der Waals surface area contributed by atoms with E-state index in [1.54, 1.807) is 0 Å². The summed E-state index contributed by atoms with van der Waals surface area (Å²) in [6.45, 7) is 3.15. The molecule has 0 radical (unpaired) electrons. The van der Waals surface area contributed by atoms with Gasteiger partial charge in [0.05, 0.1) is 0 Å². The maximum absolute atomic E-state index is 5.82.